The standard InChI is InChI=1S/C21H29ClN4O2/c1-14(2)12-19(24-20(27)17-6-8-18(22)9-7-17)21(28)23-10-5-11-26-16(4)13-15(3)25-26/h6-9,13-14,19H,5,10-12H2,1-4H3,(H,23,28)(H,24,27)/t19-/m0/s1. The third kappa shape index (κ3) is 6.68. The lowest BCUT2D eigenvalue weighted by atomic mass is 10.0. The van der Waals surface area contributed by atoms with E-state index in [1.54, 1.807) is 24.3 Å². The maximum absolute atomic E-state index is 12.6. The van der Waals surface area contributed by atoms with Gasteiger partial charge in [0.25, 0.3) is 5.91 Å². The summed E-state index contributed by atoms with van der Waals surface area (Å²) in [5.74, 6) is -0.166. The summed E-state index contributed by atoms with van der Waals surface area (Å²) in [5, 5.41) is 10.8. The molecule has 2 aromatic rings. The predicted molar refractivity (Wildman–Crippen MR) is 111 cm³/mol. The minimum absolute atomic E-state index is 0.163. The molecule has 0 bridgehead atoms. The van der Waals surface area contributed by atoms with Crippen LogP contribution in [0.4, 0.5) is 0 Å². The van der Waals surface area contributed by atoms with Crippen LogP contribution < -0.4 is 10.6 Å². The van der Waals surface area contributed by atoms with Gasteiger partial charge in [-0.05, 0) is 62.9 Å². The number of rotatable bonds is 9. The van der Waals surface area contributed by atoms with Crippen LogP contribution in [-0.4, -0.2) is 34.2 Å². The van der Waals surface area contributed by atoms with E-state index >= 15 is 0 Å². The number of aryl methyl sites for hydroxylation is 3. The maximum atomic E-state index is 12.6. The van der Waals surface area contributed by atoms with Crippen LogP contribution >= 0.6 is 11.6 Å². The van der Waals surface area contributed by atoms with E-state index in [0.29, 0.717) is 23.6 Å². The first-order chi connectivity index (χ1) is 13.3. The summed E-state index contributed by atoms with van der Waals surface area (Å²) < 4.78 is 1.94. The summed E-state index contributed by atoms with van der Waals surface area (Å²) in [6.45, 7) is 9.30. The van der Waals surface area contributed by atoms with Gasteiger partial charge >= 0.3 is 0 Å². The molecule has 2 N–H and O–H groups in total. The van der Waals surface area contributed by atoms with Crippen LogP contribution in [0.5, 0.6) is 0 Å². The molecule has 2 rings (SSSR count). The molecule has 28 heavy (non-hydrogen) atoms. The quantitative estimate of drug-likeness (QED) is 0.628. The minimum Gasteiger partial charge on any atom is -0.354 e. The molecule has 0 saturated carbocycles. The summed E-state index contributed by atoms with van der Waals surface area (Å²) in [4.78, 5) is 25.1. The summed E-state index contributed by atoms with van der Waals surface area (Å²) in [6, 6.07) is 8.08. The smallest absolute Gasteiger partial charge is 0.251 e. The average Bonchev–Trinajstić information content (AvgIpc) is 2.95. The highest BCUT2D eigenvalue weighted by Gasteiger charge is 2.22. The number of carbonyl (C=O) groups is 2. The van der Waals surface area contributed by atoms with Crippen molar-refractivity contribution in [3.05, 3.63) is 52.3 Å². The first-order valence-corrected chi connectivity index (χ1v) is 9.99. The van der Waals surface area contributed by atoms with Crippen molar-refractivity contribution in [2.45, 2.75) is 53.1 Å². The molecule has 0 saturated heterocycles. The molecule has 1 heterocycles. The Hall–Kier alpha value is -2.34. The fraction of sp³-hybridized carbons (Fsp3) is 0.476. The fourth-order valence-corrected chi connectivity index (χ4v) is 3.14. The number of hydrogen-bond donors (Lipinski definition) is 2. The van der Waals surface area contributed by atoms with Crippen molar-refractivity contribution in [3.63, 3.8) is 0 Å². The Kier molecular flexibility index (Phi) is 8.05. The molecule has 0 aliphatic carbocycles. The molecule has 1 aromatic heterocycles. The number of nitrogens with zero attached hydrogens (tertiary/aromatic N) is 2. The monoisotopic (exact) mass is 404 g/mol. The lowest BCUT2D eigenvalue weighted by Crippen LogP contribution is -2.47. The number of aromatic nitrogens is 2. The second-order valence-corrected chi connectivity index (χ2v) is 7.89. The van der Waals surface area contributed by atoms with E-state index in [4.69, 9.17) is 11.6 Å². The van der Waals surface area contributed by atoms with E-state index in [-0.39, 0.29) is 17.7 Å². The van der Waals surface area contributed by atoms with Crippen molar-refractivity contribution in [1.82, 2.24) is 20.4 Å². The molecular formula is C21H29ClN4O2. The molecule has 0 aliphatic heterocycles. The number of hydrogen-bond acceptors (Lipinski definition) is 3. The SMILES string of the molecule is Cc1cc(C)n(CCCNC(=O)[C@H](CC(C)C)NC(=O)c2ccc(Cl)cc2)n1. The van der Waals surface area contributed by atoms with E-state index in [0.717, 1.165) is 24.4 Å². The Bertz CT molecular complexity index is 799. The van der Waals surface area contributed by atoms with Gasteiger partial charge in [0.2, 0.25) is 5.91 Å². The molecule has 6 nitrogen and oxygen atoms in total. The zero-order valence-corrected chi connectivity index (χ0v) is 17.7. The molecule has 2 amide bonds. The number of benzene rings is 1. The van der Waals surface area contributed by atoms with Crippen LogP contribution in [0.3, 0.4) is 0 Å². The molecule has 0 fully saturated rings. The van der Waals surface area contributed by atoms with Gasteiger partial charge < -0.3 is 10.6 Å². The molecular weight excluding hydrogens is 376 g/mol. The van der Waals surface area contributed by atoms with E-state index < -0.39 is 6.04 Å². The number of carbonyl (C=O) groups excluding carboxylic acids is 2. The Balaban J connectivity index is 1.88. The molecule has 1 atom stereocenters. The van der Waals surface area contributed by atoms with E-state index in [9.17, 15) is 9.59 Å². The van der Waals surface area contributed by atoms with Crippen LogP contribution in [0.25, 0.3) is 0 Å². The lowest BCUT2D eigenvalue weighted by molar-refractivity contribution is -0.123. The molecule has 0 aliphatic rings. The fourth-order valence-electron chi connectivity index (χ4n) is 3.01. The van der Waals surface area contributed by atoms with Gasteiger partial charge in [-0.15, -0.1) is 0 Å². The minimum atomic E-state index is -0.572. The molecule has 0 spiro atoms. The van der Waals surface area contributed by atoms with Gasteiger partial charge in [0, 0.05) is 29.4 Å². The van der Waals surface area contributed by atoms with Gasteiger partial charge in [-0.1, -0.05) is 25.4 Å². The van der Waals surface area contributed by atoms with Crippen LogP contribution in [-0.2, 0) is 11.3 Å². The lowest BCUT2D eigenvalue weighted by Gasteiger charge is -2.20. The summed E-state index contributed by atoms with van der Waals surface area (Å²) in [5.41, 5.74) is 2.58. The van der Waals surface area contributed by atoms with Crippen molar-refractivity contribution < 1.29 is 9.59 Å². The first kappa shape index (κ1) is 22.0. The van der Waals surface area contributed by atoms with E-state index in [1.807, 2.05) is 38.4 Å². The number of nitrogens with one attached hydrogen (secondary N) is 2. The van der Waals surface area contributed by atoms with Gasteiger partial charge in [0.05, 0.1) is 5.69 Å². The van der Waals surface area contributed by atoms with Crippen molar-refractivity contribution in [3.8, 4) is 0 Å². The van der Waals surface area contributed by atoms with Gasteiger partial charge in [0.15, 0.2) is 0 Å². The normalized spacial score (nSPS) is 12.1. The van der Waals surface area contributed by atoms with Crippen LogP contribution in [0.2, 0.25) is 5.02 Å². The molecule has 0 radical (unpaired) electrons. The first-order valence-electron chi connectivity index (χ1n) is 9.61. The molecule has 7 heteroatoms. The van der Waals surface area contributed by atoms with Crippen molar-refractivity contribution in [2.24, 2.45) is 5.92 Å². The third-order valence-corrected chi connectivity index (χ3v) is 4.64. The topological polar surface area (TPSA) is 76.0 Å². The van der Waals surface area contributed by atoms with Crippen molar-refractivity contribution >= 4 is 23.4 Å². The van der Waals surface area contributed by atoms with Gasteiger partial charge in [0.1, 0.15) is 6.04 Å². The average molecular weight is 405 g/mol. The zero-order chi connectivity index (χ0) is 20.7. The van der Waals surface area contributed by atoms with Gasteiger partial charge in [-0.2, -0.15) is 5.10 Å². The highest BCUT2D eigenvalue weighted by atomic mass is 35.5. The van der Waals surface area contributed by atoms with Crippen LogP contribution in [0.1, 0.15) is 48.4 Å². The van der Waals surface area contributed by atoms with Gasteiger partial charge in [-0.3, -0.25) is 14.3 Å². The maximum Gasteiger partial charge on any atom is 0.251 e. The Morgan fingerprint density at radius 2 is 1.86 bits per heavy atom. The Labute approximate surface area is 171 Å². The number of halogens is 1. The van der Waals surface area contributed by atoms with E-state index in [2.05, 4.69) is 15.7 Å². The van der Waals surface area contributed by atoms with Crippen LogP contribution in [0, 0.1) is 19.8 Å². The summed E-state index contributed by atoms with van der Waals surface area (Å²) in [7, 11) is 0. The summed E-state index contributed by atoms with van der Waals surface area (Å²) >= 11 is 5.87. The number of amides is 2. The summed E-state index contributed by atoms with van der Waals surface area (Å²) in [6.07, 6.45) is 1.34. The van der Waals surface area contributed by atoms with Crippen molar-refractivity contribution in [1.29, 1.82) is 0 Å². The second kappa shape index (κ2) is 10.3. The second-order valence-electron chi connectivity index (χ2n) is 7.46. The molecule has 152 valence electrons. The Morgan fingerprint density at radius 1 is 1.18 bits per heavy atom. The van der Waals surface area contributed by atoms with E-state index in [1.165, 1.54) is 0 Å². The Morgan fingerprint density at radius 3 is 2.43 bits per heavy atom. The highest BCUT2D eigenvalue weighted by Crippen LogP contribution is 2.11. The van der Waals surface area contributed by atoms with Crippen LogP contribution in [0.15, 0.2) is 30.3 Å². The predicted octanol–water partition coefficient (Wildman–Crippen LogP) is 3.50. The molecule has 0 unspecified atom stereocenters. The van der Waals surface area contributed by atoms with Gasteiger partial charge in [-0.25, -0.2) is 0 Å². The largest absolute Gasteiger partial charge is 0.354 e. The van der Waals surface area contributed by atoms with Crippen molar-refractivity contribution in [2.75, 3.05) is 6.54 Å². The highest BCUT2D eigenvalue weighted by molar-refractivity contribution is 6.30. The zero-order valence-electron chi connectivity index (χ0n) is 17.0. The third-order valence-electron chi connectivity index (χ3n) is 4.38. The molecule has 1 aromatic carbocycles.